The van der Waals surface area contributed by atoms with Crippen LogP contribution in [0.4, 0.5) is 17.6 Å². The summed E-state index contributed by atoms with van der Waals surface area (Å²) in [6, 6.07) is 5.19. The van der Waals surface area contributed by atoms with Gasteiger partial charge in [0.2, 0.25) is 0 Å². The van der Waals surface area contributed by atoms with Crippen LogP contribution < -0.4 is 5.32 Å². The van der Waals surface area contributed by atoms with Crippen molar-refractivity contribution in [2.24, 2.45) is 0 Å². The minimum Gasteiger partial charge on any atom is -0.337 e. The highest BCUT2D eigenvalue weighted by Gasteiger charge is 2.31. The van der Waals surface area contributed by atoms with Crippen LogP contribution >= 0.6 is 0 Å². The maximum absolute atomic E-state index is 13.6. The molecule has 0 saturated carbocycles. The molecule has 0 bridgehead atoms. The molecule has 1 heterocycles. The van der Waals surface area contributed by atoms with Gasteiger partial charge in [-0.15, -0.1) is 0 Å². The number of alkyl halides is 3. The van der Waals surface area contributed by atoms with Crippen molar-refractivity contribution in [2.75, 3.05) is 19.6 Å². The third-order valence-electron chi connectivity index (χ3n) is 3.40. The summed E-state index contributed by atoms with van der Waals surface area (Å²) in [5.74, 6) is -1.10. The van der Waals surface area contributed by atoms with Gasteiger partial charge in [-0.2, -0.15) is 13.2 Å². The Morgan fingerprint density at radius 1 is 1.33 bits per heavy atom. The third-order valence-corrected chi connectivity index (χ3v) is 3.40. The van der Waals surface area contributed by atoms with Crippen molar-refractivity contribution >= 4 is 5.91 Å². The maximum Gasteiger partial charge on any atom is 0.401 e. The molecule has 116 valence electrons. The monoisotopic (exact) mass is 304 g/mol. The van der Waals surface area contributed by atoms with Crippen LogP contribution in [0, 0.1) is 5.82 Å². The number of carbonyl (C=O) groups is 1. The van der Waals surface area contributed by atoms with E-state index in [9.17, 15) is 22.4 Å². The van der Waals surface area contributed by atoms with Crippen molar-refractivity contribution in [3.63, 3.8) is 0 Å². The molecule has 1 fully saturated rings. The first-order chi connectivity index (χ1) is 9.87. The second kappa shape index (κ2) is 6.43. The Balaban J connectivity index is 1.98. The smallest absolute Gasteiger partial charge is 0.337 e. The fraction of sp³-hybridized carbons (Fsp3) is 0.500. The van der Waals surface area contributed by atoms with E-state index >= 15 is 0 Å². The quantitative estimate of drug-likeness (QED) is 0.871. The van der Waals surface area contributed by atoms with Gasteiger partial charge in [0.1, 0.15) is 5.82 Å². The van der Waals surface area contributed by atoms with E-state index in [1.54, 1.807) is 6.07 Å². The number of piperidine rings is 1. The van der Waals surface area contributed by atoms with Crippen LogP contribution in [0.25, 0.3) is 0 Å². The molecule has 0 aromatic heterocycles. The molecular formula is C14H16F4N2O. The maximum atomic E-state index is 13.6. The second-order valence-corrected chi connectivity index (χ2v) is 5.07. The average molecular weight is 304 g/mol. The van der Waals surface area contributed by atoms with Gasteiger partial charge in [-0.05, 0) is 25.0 Å². The number of carbonyl (C=O) groups excluding carboxylic acids is 1. The highest BCUT2D eigenvalue weighted by atomic mass is 19.4. The predicted molar refractivity (Wildman–Crippen MR) is 69.4 cm³/mol. The third kappa shape index (κ3) is 4.42. The molecule has 1 aromatic carbocycles. The van der Waals surface area contributed by atoms with Crippen molar-refractivity contribution < 1.29 is 22.4 Å². The van der Waals surface area contributed by atoms with Gasteiger partial charge in [-0.3, -0.25) is 4.79 Å². The van der Waals surface area contributed by atoms with Gasteiger partial charge in [-0.1, -0.05) is 12.1 Å². The average Bonchev–Trinajstić information content (AvgIpc) is 2.44. The lowest BCUT2D eigenvalue weighted by Crippen LogP contribution is -2.50. The molecule has 1 aromatic rings. The number of rotatable bonds is 3. The molecule has 1 aliphatic heterocycles. The van der Waals surface area contributed by atoms with E-state index in [4.69, 9.17) is 0 Å². The molecule has 21 heavy (non-hydrogen) atoms. The Hall–Kier alpha value is -1.63. The molecule has 1 unspecified atom stereocenters. The van der Waals surface area contributed by atoms with Gasteiger partial charge in [0.15, 0.2) is 0 Å². The number of benzene rings is 1. The molecule has 1 atom stereocenters. The van der Waals surface area contributed by atoms with Crippen molar-refractivity contribution in [1.82, 2.24) is 10.2 Å². The zero-order valence-corrected chi connectivity index (χ0v) is 11.3. The van der Waals surface area contributed by atoms with Gasteiger partial charge in [0, 0.05) is 19.1 Å². The molecule has 1 N–H and O–H groups in total. The van der Waals surface area contributed by atoms with E-state index < -0.39 is 30.5 Å². The van der Waals surface area contributed by atoms with Gasteiger partial charge in [0.05, 0.1) is 12.1 Å². The normalized spacial score (nSPS) is 19.6. The zero-order chi connectivity index (χ0) is 15.5. The lowest BCUT2D eigenvalue weighted by atomic mass is 10.0. The second-order valence-electron chi connectivity index (χ2n) is 5.07. The summed E-state index contributed by atoms with van der Waals surface area (Å²) in [6.45, 7) is -0.500. The van der Waals surface area contributed by atoms with Crippen LogP contribution in [0.3, 0.4) is 0 Å². The Labute approximate surface area is 119 Å². The van der Waals surface area contributed by atoms with Gasteiger partial charge < -0.3 is 10.2 Å². The van der Waals surface area contributed by atoms with E-state index in [1.807, 2.05) is 0 Å². The summed E-state index contributed by atoms with van der Waals surface area (Å²) in [5.41, 5.74) is -0.0472. The van der Waals surface area contributed by atoms with Crippen molar-refractivity contribution in [3.05, 3.63) is 35.6 Å². The summed E-state index contributed by atoms with van der Waals surface area (Å²) in [6.07, 6.45) is -3.12. The molecule has 1 aliphatic rings. The molecule has 1 saturated heterocycles. The summed E-state index contributed by atoms with van der Waals surface area (Å²) in [4.78, 5) is 13.6. The fourth-order valence-corrected chi connectivity index (χ4v) is 2.39. The summed E-state index contributed by atoms with van der Waals surface area (Å²) in [5, 5.41) is 2.40. The molecule has 0 spiro atoms. The summed E-state index contributed by atoms with van der Waals surface area (Å²) < 4.78 is 50.2. The predicted octanol–water partition coefficient (Wildman–Crippen LogP) is 2.58. The minimum absolute atomic E-state index is 0.0472. The first kappa shape index (κ1) is 15.8. The number of halogens is 4. The Morgan fingerprint density at radius 3 is 2.71 bits per heavy atom. The number of likely N-dealkylation sites (tertiary alicyclic amines) is 1. The lowest BCUT2D eigenvalue weighted by molar-refractivity contribution is -0.126. The number of nitrogens with zero attached hydrogens (tertiary/aromatic N) is 1. The lowest BCUT2D eigenvalue weighted by Gasteiger charge is -2.33. The number of nitrogens with one attached hydrogen (secondary N) is 1. The number of hydrogen-bond donors (Lipinski definition) is 1. The summed E-state index contributed by atoms with van der Waals surface area (Å²) in [7, 11) is 0. The van der Waals surface area contributed by atoms with E-state index in [0.29, 0.717) is 19.4 Å². The molecule has 0 aliphatic carbocycles. The molecule has 7 heteroatoms. The molecular weight excluding hydrogens is 288 g/mol. The Kier molecular flexibility index (Phi) is 4.82. The van der Waals surface area contributed by atoms with Crippen molar-refractivity contribution in [2.45, 2.75) is 25.1 Å². The first-order valence-electron chi connectivity index (χ1n) is 6.71. The minimum atomic E-state index is -4.28. The number of amides is 1. The van der Waals surface area contributed by atoms with Crippen LogP contribution in [0.15, 0.2) is 24.3 Å². The molecule has 1 amide bonds. The van der Waals surface area contributed by atoms with Crippen molar-refractivity contribution in [3.8, 4) is 0 Å². The highest BCUT2D eigenvalue weighted by Crippen LogP contribution is 2.18. The van der Waals surface area contributed by atoms with Crippen LogP contribution in [-0.2, 0) is 0 Å². The van der Waals surface area contributed by atoms with Gasteiger partial charge in [-0.25, -0.2) is 4.39 Å². The zero-order valence-electron chi connectivity index (χ0n) is 11.3. The fourth-order valence-electron chi connectivity index (χ4n) is 2.39. The van der Waals surface area contributed by atoms with E-state index in [-0.39, 0.29) is 12.1 Å². The van der Waals surface area contributed by atoms with Crippen LogP contribution in [0.1, 0.15) is 23.2 Å². The Bertz CT molecular complexity index is 504. The first-order valence-corrected chi connectivity index (χ1v) is 6.71. The Morgan fingerprint density at radius 2 is 2.05 bits per heavy atom. The van der Waals surface area contributed by atoms with Crippen LogP contribution in [0.5, 0.6) is 0 Å². The van der Waals surface area contributed by atoms with Gasteiger partial charge in [0.25, 0.3) is 5.91 Å². The van der Waals surface area contributed by atoms with E-state index in [1.165, 1.54) is 23.1 Å². The van der Waals surface area contributed by atoms with Crippen LogP contribution in [-0.4, -0.2) is 42.7 Å². The standard InChI is InChI=1S/C14H16F4N2O/c15-12-6-2-1-5-11(12)13(21)20-7-3-4-10(8-20)19-9-14(16,17)18/h1-2,5-6,10,19H,3-4,7-9H2. The van der Waals surface area contributed by atoms with E-state index in [0.717, 1.165) is 0 Å². The molecule has 3 nitrogen and oxygen atoms in total. The molecule has 0 radical (unpaired) electrons. The van der Waals surface area contributed by atoms with Crippen molar-refractivity contribution in [1.29, 1.82) is 0 Å². The topological polar surface area (TPSA) is 32.3 Å². The molecule has 2 rings (SSSR count). The highest BCUT2D eigenvalue weighted by molar-refractivity contribution is 5.94. The van der Waals surface area contributed by atoms with E-state index in [2.05, 4.69) is 5.32 Å². The van der Waals surface area contributed by atoms with Gasteiger partial charge >= 0.3 is 6.18 Å². The largest absolute Gasteiger partial charge is 0.401 e. The SMILES string of the molecule is O=C(c1ccccc1F)N1CCCC(NCC(F)(F)F)C1. The number of hydrogen-bond acceptors (Lipinski definition) is 2. The summed E-state index contributed by atoms with van der Waals surface area (Å²) >= 11 is 0. The van der Waals surface area contributed by atoms with Crippen LogP contribution in [0.2, 0.25) is 0 Å².